The van der Waals surface area contributed by atoms with Gasteiger partial charge in [0.25, 0.3) is 0 Å². The van der Waals surface area contributed by atoms with Crippen LogP contribution in [0.4, 0.5) is 0 Å². The molecule has 4 heteroatoms. The molecule has 1 N–H and O–H groups in total. The molecule has 27 heavy (non-hydrogen) atoms. The fraction of sp³-hybridized carbons (Fsp3) is 0.174. The van der Waals surface area contributed by atoms with Gasteiger partial charge in [0.15, 0.2) is 0 Å². The van der Waals surface area contributed by atoms with Crippen molar-refractivity contribution < 1.29 is 19.4 Å². The lowest BCUT2D eigenvalue weighted by molar-refractivity contribution is -0.136. The number of ether oxygens (including phenoxy) is 2. The summed E-state index contributed by atoms with van der Waals surface area (Å²) >= 11 is 0. The zero-order valence-corrected chi connectivity index (χ0v) is 15.0. The van der Waals surface area contributed by atoms with Gasteiger partial charge in [-0.15, -0.1) is 0 Å². The number of rotatable bonds is 9. The fourth-order valence-electron chi connectivity index (χ4n) is 2.59. The van der Waals surface area contributed by atoms with E-state index in [0.29, 0.717) is 19.6 Å². The average molecular weight is 362 g/mol. The molecule has 0 fully saturated rings. The van der Waals surface area contributed by atoms with Crippen LogP contribution in [0.3, 0.4) is 0 Å². The first-order valence-electron chi connectivity index (χ1n) is 8.88. The Kier molecular flexibility index (Phi) is 6.47. The molecule has 138 valence electrons. The predicted molar refractivity (Wildman–Crippen MR) is 104 cm³/mol. The Morgan fingerprint density at radius 2 is 1.15 bits per heavy atom. The maximum atomic E-state index is 10.6. The van der Waals surface area contributed by atoms with Crippen LogP contribution in [-0.2, 0) is 24.4 Å². The number of benzene rings is 3. The van der Waals surface area contributed by atoms with Crippen LogP contribution >= 0.6 is 0 Å². The third kappa shape index (κ3) is 6.19. The highest BCUT2D eigenvalue weighted by Gasteiger charge is 2.01. The molecule has 3 rings (SSSR count). The van der Waals surface area contributed by atoms with E-state index in [1.165, 1.54) is 0 Å². The van der Waals surface area contributed by atoms with Crippen molar-refractivity contribution in [3.05, 3.63) is 95.6 Å². The first kappa shape index (κ1) is 18.5. The number of hydrogen-bond donors (Lipinski definition) is 1. The molecule has 0 atom stereocenters. The summed E-state index contributed by atoms with van der Waals surface area (Å²) < 4.78 is 11.6. The second kappa shape index (κ2) is 9.43. The monoisotopic (exact) mass is 362 g/mol. The van der Waals surface area contributed by atoms with Crippen molar-refractivity contribution in [2.24, 2.45) is 0 Å². The Morgan fingerprint density at radius 1 is 0.667 bits per heavy atom. The molecule has 0 aliphatic rings. The molecule has 0 radical (unpaired) electrons. The lowest BCUT2D eigenvalue weighted by atomic mass is 10.1. The Morgan fingerprint density at radius 3 is 1.67 bits per heavy atom. The van der Waals surface area contributed by atoms with Gasteiger partial charge in [0, 0.05) is 6.42 Å². The normalized spacial score (nSPS) is 10.4. The van der Waals surface area contributed by atoms with E-state index in [9.17, 15) is 4.79 Å². The van der Waals surface area contributed by atoms with Gasteiger partial charge >= 0.3 is 5.97 Å². The Labute approximate surface area is 159 Å². The van der Waals surface area contributed by atoms with Gasteiger partial charge in [0.1, 0.15) is 24.7 Å². The molecule has 0 aliphatic carbocycles. The molecule has 3 aromatic rings. The summed E-state index contributed by atoms with van der Waals surface area (Å²) in [5.41, 5.74) is 3.18. The summed E-state index contributed by atoms with van der Waals surface area (Å²) in [6, 6.07) is 25.5. The molecular weight excluding hydrogens is 340 g/mol. The Balaban J connectivity index is 1.46. The van der Waals surface area contributed by atoms with Gasteiger partial charge in [-0.3, -0.25) is 4.79 Å². The van der Waals surface area contributed by atoms with Crippen LogP contribution in [0.25, 0.3) is 0 Å². The van der Waals surface area contributed by atoms with E-state index in [4.69, 9.17) is 14.6 Å². The molecule has 0 aromatic heterocycles. The topological polar surface area (TPSA) is 55.8 Å². The molecule has 4 nitrogen and oxygen atoms in total. The SMILES string of the molecule is O=C(O)CCc1ccc(OCc2ccc(OCc3ccccc3)cc2)cc1. The summed E-state index contributed by atoms with van der Waals surface area (Å²) in [4.78, 5) is 10.6. The second-order valence-corrected chi connectivity index (χ2v) is 6.24. The summed E-state index contributed by atoms with van der Waals surface area (Å²) in [7, 11) is 0. The van der Waals surface area contributed by atoms with E-state index in [1.807, 2.05) is 78.9 Å². The molecule has 0 saturated carbocycles. The molecule has 0 spiro atoms. The predicted octanol–water partition coefficient (Wildman–Crippen LogP) is 4.86. The average Bonchev–Trinajstić information content (AvgIpc) is 2.71. The van der Waals surface area contributed by atoms with E-state index >= 15 is 0 Å². The lowest BCUT2D eigenvalue weighted by Gasteiger charge is -2.09. The van der Waals surface area contributed by atoms with Gasteiger partial charge < -0.3 is 14.6 Å². The zero-order chi connectivity index (χ0) is 18.9. The van der Waals surface area contributed by atoms with E-state index in [0.717, 1.165) is 28.2 Å². The highest BCUT2D eigenvalue weighted by Crippen LogP contribution is 2.18. The van der Waals surface area contributed by atoms with Crippen molar-refractivity contribution in [3.8, 4) is 11.5 Å². The van der Waals surface area contributed by atoms with Crippen LogP contribution in [0.15, 0.2) is 78.9 Å². The smallest absolute Gasteiger partial charge is 0.303 e. The highest BCUT2D eigenvalue weighted by molar-refractivity contribution is 5.67. The molecule has 0 bridgehead atoms. The van der Waals surface area contributed by atoms with Gasteiger partial charge in [-0.05, 0) is 47.4 Å². The van der Waals surface area contributed by atoms with Crippen LogP contribution in [0, 0.1) is 0 Å². The standard InChI is InChI=1S/C23H22O4/c24-23(25)15-10-18-6-11-21(12-7-18)27-17-20-8-13-22(14-9-20)26-16-19-4-2-1-3-5-19/h1-9,11-14H,10,15-17H2,(H,24,25). The van der Waals surface area contributed by atoms with Crippen molar-refractivity contribution in [2.45, 2.75) is 26.1 Å². The summed E-state index contributed by atoms with van der Waals surface area (Å²) in [5, 5.41) is 8.72. The Hall–Kier alpha value is -3.27. The maximum absolute atomic E-state index is 10.6. The third-order valence-electron chi connectivity index (χ3n) is 4.13. The van der Waals surface area contributed by atoms with Crippen LogP contribution in [0.5, 0.6) is 11.5 Å². The number of carboxylic acid groups (broad SMARTS) is 1. The van der Waals surface area contributed by atoms with E-state index in [2.05, 4.69) is 0 Å². The third-order valence-corrected chi connectivity index (χ3v) is 4.13. The van der Waals surface area contributed by atoms with Crippen molar-refractivity contribution >= 4 is 5.97 Å². The largest absolute Gasteiger partial charge is 0.489 e. The molecule has 0 heterocycles. The minimum Gasteiger partial charge on any atom is -0.489 e. The minimum atomic E-state index is -0.786. The number of carboxylic acids is 1. The van der Waals surface area contributed by atoms with Crippen molar-refractivity contribution in [2.75, 3.05) is 0 Å². The number of aryl methyl sites for hydroxylation is 1. The van der Waals surface area contributed by atoms with Gasteiger partial charge in [0.05, 0.1) is 0 Å². The molecule has 0 saturated heterocycles. The first-order valence-corrected chi connectivity index (χ1v) is 8.88. The van der Waals surface area contributed by atoms with Gasteiger partial charge in [-0.1, -0.05) is 54.6 Å². The summed E-state index contributed by atoms with van der Waals surface area (Å²) in [6.45, 7) is 1.01. The van der Waals surface area contributed by atoms with Crippen molar-refractivity contribution in [1.82, 2.24) is 0 Å². The first-order chi connectivity index (χ1) is 13.2. The second-order valence-electron chi connectivity index (χ2n) is 6.24. The van der Waals surface area contributed by atoms with Crippen LogP contribution in [0.2, 0.25) is 0 Å². The molecule has 0 unspecified atom stereocenters. The lowest BCUT2D eigenvalue weighted by Crippen LogP contribution is -1.98. The van der Waals surface area contributed by atoms with E-state index in [-0.39, 0.29) is 6.42 Å². The van der Waals surface area contributed by atoms with Crippen LogP contribution in [0.1, 0.15) is 23.1 Å². The van der Waals surface area contributed by atoms with Gasteiger partial charge in [-0.2, -0.15) is 0 Å². The van der Waals surface area contributed by atoms with Crippen molar-refractivity contribution in [3.63, 3.8) is 0 Å². The number of carbonyl (C=O) groups is 1. The maximum Gasteiger partial charge on any atom is 0.303 e. The fourth-order valence-corrected chi connectivity index (χ4v) is 2.59. The quantitative estimate of drug-likeness (QED) is 0.590. The van der Waals surface area contributed by atoms with E-state index in [1.54, 1.807) is 0 Å². The van der Waals surface area contributed by atoms with Crippen molar-refractivity contribution in [1.29, 1.82) is 0 Å². The zero-order valence-electron chi connectivity index (χ0n) is 15.0. The highest BCUT2D eigenvalue weighted by atomic mass is 16.5. The molecule has 3 aromatic carbocycles. The minimum absolute atomic E-state index is 0.138. The number of aliphatic carboxylic acids is 1. The summed E-state index contributed by atoms with van der Waals surface area (Å²) in [6.07, 6.45) is 0.666. The van der Waals surface area contributed by atoms with E-state index < -0.39 is 5.97 Å². The molecule has 0 amide bonds. The number of hydrogen-bond acceptors (Lipinski definition) is 3. The van der Waals surface area contributed by atoms with Crippen LogP contribution < -0.4 is 9.47 Å². The molecule has 0 aliphatic heterocycles. The summed E-state index contributed by atoms with van der Waals surface area (Å²) in [5.74, 6) is 0.801. The van der Waals surface area contributed by atoms with Gasteiger partial charge in [-0.25, -0.2) is 0 Å². The molecular formula is C23H22O4. The Bertz CT molecular complexity index is 840. The van der Waals surface area contributed by atoms with Crippen LogP contribution in [-0.4, -0.2) is 11.1 Å². The van der Waals surface area contributed by atoms with Gasteiger partial charge in [0.2, 0.25) is 0 Å².